The van der Waals surface area contributed by atoms with E-state index in [0.29, 0.717) is 18.9 Å². The van der Waals surface area contributed by atoms with Crippen LogP contribution in [0.25, 0.3) is 0 Å². The molecule has 1 heterocycles. The molecule has 0 amide bonds. The summed E-state index contributed by atoms with van der Waals surface area (Å²) in [5, 5.41) is 0. The highest BCUT2D eigenvalue weighted by atomic mass is 32.2. The van der Waals surface area contributed by atoms with E-state index in [1.165, 1.54) is 12.1 Å². The lowest BCUT2D eigenvalue weighted by molar-refractivity contribution is 0.0989. The summed E-state index contributed by atoms with van der Waals surface area (Å²) in [5.74, 6) is -0.474. The Balaban J connectivity index is 1.75. The number of anilines is 2. The van der Waals surface area contributed by atoms with Crippen LogP contribution in [-0.4, -0.2) is 34.2 Å². The van der Waals surface area contributed by atoms with Gasteiger partial charge in [-0.1, -0.05) is 0 Å². The molecule has 0 saturated carbocycles. The number of nitrogens with zero attached hydrogens (tertiary/aromatic N) is 1. The molecule has 1 N–H and O–H groups in total. The summed E-state index contributed by atoms with van der Waals surface area (Å²) in [6.07, 6.45) is 0. The van der Waals surface area contributed by atoms with Gasteiger partial charge < -0.3 is 9.64 Å². The molecule has 128 valence electrons. The van der Waals surface area contributed by atoms with Crippen molar-refractivity contribution in [1.82, 2.24) is 0 Å². The molecule has 0 aliphatic carbocycles. The average Bonchev–Trinajstić information content (AvgIpc) is 2.56. The first-order valence-corrected chi connectivity index (χ1v) is 9.17. The maximum atomic E-state index is 12.9. The lowest BCUT2D eigenvalue weighted by Crippen LogP contribution is -2.43. The molecule has 24 heavy (non-hydrogen) atoms. The Labute approximate surface area is 141 Å². The molecule has 0 aromatic heterocycles. The summed E-state index contributed by atoms with van der Waals surface area (Å²) >= 11 is 0. The third-order valence-electron chi connectivity index (χ3n) is 3.94. The van der Waals surface area contributed by atoms with E-state index < -0.39 is 15.8 Å². The van der Waals surface area contributed by atoms with Crippen LogP contribution in [0.1, 0.15) is 6.92 Å². The van der Waals surface area contributed by atoms with Crippen LogP contribution in [0, 0.1) is 5.82 Å². The average molecular weight is 350 g/mol. The molecule has 0 bridgehead atoms. The van der Waals surface area contributed by atoms with Gasteiger partial charge in [-0.3, -0.25) is 4.72 Å². The SMILES string of the molecule is CC1COCCN1c1ccc(NS(=O)(=O)c2ccc(F)cc2)cc1. The van der Waals surface area contributed by atoms with Crippen molar-refractivity contribution in [2.24, 2.45) is 0 Å². The topological polar surface area (TPSA) is 58.6 Å². The van der Waals surface area contributed by atoms with Crippen molar-refractivity contribution in [2.45, 2.75) is 17.9 Å². The maximum Gasteiger partial charge on any atom is 0.261 e. The quantitative estimate of drug-likeness (QED) is 0.921. The van der Waals surface area contributed by atoms with Crippen LogP contribution in [-0.2, 0) is 14.8 Å². The van der Waals surface area contributed by atoms with Gasteiger partial charge in [-0.25, -0.2) is 12.8 Å². The fourth-order valence-electron chi connectivity index (χ4n) is 2.66. The first-order chi connectivity index (χ1) is 11.5. The fourth-order valence-corrected chi connectivity index (χ4v) is 3.72. The van der Waals surface area contributed by atoms with Gasteiger partial charge in [-0.05, 0) is 55.5 Å². The van der Waals surface area contributed by atoms with E-state index in [1.54, 1.807) is 12.1 Å². The Kier molecular flexibility index (Phi) is 4.73. The van der Waals surface area contributed by atoms with Crippen molar-refractivity contribution in [3.05, 3.63) is 54.3 Å². The molecule has 0 radical (unpaired) electrons. The number of sulfonamides is 1. The van der Waals surface area contributed by atoms with Gasteiger partial charge in [-0.15, -0.1) is 0 Å². The Hall–Kier alpha value is -2.12. The fraction of sp³-hybridized carbons (Fsp3) is 0.294. The predicted molar refractivity (Wildman–Crippen MR) is 91.3 cm³/mol. The smallest absolute Gasteiger partial charge is 0.261 e. The molecule has 2 aromatic rings. The first-order valence-electron chi connectivity index (χ1n) is 7.68. The Morgan fingerprint density at radius 1 is 1.12 bits per heavy atom. The van der Waals surface area contributed by atoms with Crippen molar-refractivity contribution >= 4 is 21.4 Å². The van der Waals surface area contributed by atoms with Crippen LogP contribution >= 0.6 is 0 Å². The third-order valence-corrected chi connectivity index (χ3v) is 5.34. The van der Waals surface area contributed by atoms with Gasteiger partial charge in [0.25, 0.3) is 10.0 Å². The molecule has 2 aromatic carbocycles. The van der Waals surface area contributed by atoms with E-state index in [4.69, 9.17) is 4.74 Å². The maximum absolute atomic E-state index is 12.9. The highest BCUT2D eigenvalue weighted by molar-refractivity contribution is 7.92. The zero-order chi connectivity index (χ0) is 17.2. The van der Waals surface area contributed by atoms with Gasteiger partial charge in [0, 0.05) is 24.0 Å². The number of ether oxygens (including phenoxy) is 1. The molecule has 1 saturated heterocycles. The summed E-state index contributed by atoms with van der Waals surface area (Å²) in [7, 11) is -3.73. The molecule has 0 spiro atoms. The first kappa shape index (κ1) is 16.7. The van der Waals surface area contributed by atoms with Gasteiger partial charge >= 0.3 is 0 Å². The van der Waals surface area contributed by atoms with Crippen molar-refractivity contribution in [1.29, 1.82) is 0 Å². The van der Waals surface area contributed by atoms with Crippen LogP contribution in [0.5, 0.6) is 0 Å². The predicted octanol–water partition coefficient (Wildman–Crippen LogP) is 2.85. The summed E-state index contributed by atoms with van der Waals surface area (Å²) in [6.45, 7) is 4.26. The van der Waals surface area contributed by atoms with E-state index in [0.717, 1.165) is 24.4 Å². The van der Waals surface area contributed by atoms with Crippen LogP contribution in [0.3, 0.4) is 0 Å². The van der Waals surface area contributed by atoms with Crippen LogP contribution in [0.4, 0.5) is 15.8 Å². The number of halogens is 1. The van der Waals surface area contributed by atoms with E-state index in [2.05, 4.69) is 16.5 Å². The normalized spacial score (nSPS) is 18.4. The van der Waals surface area contributed by atoms with E-state index in [1.807, 2.05) is 12.1 Å². The van der Waals surface area contributed by atoms with Gasteiger partial charge in [0.1, 0.15) is 5.82 Å². The second-order valence-corrected chi connectivity index (χ2v) is 7.41. The number of hydrogen-bond donors (Lipinski definition) is 1. The zero-order valence-corrected chi connectivity index (χ0v) is 14.1. The second-order valence-electron chi connectivity index (χ2n) is 5.72. The standard InChI is InChI=1S/C17H19FN2O3S/c1-13-12-23-11-10-20(13)16-6-4-15(5-7-16)19-24(21,22)17-8-2-14(18)3-9-17/h2-9,13,19H,10-12H2,1H3. The van der Waals surface area contributed by atoms with Crippen LogP contribution < -0.4 is 9.62 Å². The summed E-state index contributed by atoms with van der Waals surface area (Å²) in [5.41, 5.74) is 1.49. The number of morpholine rings is 1. The molecule has 1 fully saturated rings. The molecule has 1 aliphatic heterocycles. The highest BCUT2D eigenvalue weighted by Gasteiger charge is 2.19. The zero-order valence-electron chi connectivity index (χ0n) is 13.3. The Morgan fingerprint density at radius 3 is 2.42 bits per heavy atom. The van der Waals surface area contributed by atoms with Gasteiger partial charge in [0.05, 0.1) is 18.1 Å². The number of benzene rings is 2. The molecule has 1 atom stereocenters. The highest BCUT2D eigenvalue weighted by Crippen LogP contribution is 2.23. The molecule has 3 rings (SSSR count). The van der Waals surface area contributed by atoms with Gasteiger partial charge in [0.15, 0.2) is 0 Å². The van der Waals surface area contributed by atoms with Crippen molar-refractivity contribution in [2.75, 3.05) is 29.4 Å². The van der Waals surface area contributed by atoms with Gasteiger partial charge in [-0.2, -0.15) is 0 Å². The molecule has 1 aliphatic rings. The molecular weight excluding hydrogens is 331 g/mol. The molecule has 7 heteroatoms. The summed E-state index contributed by atoms with van der Waals surface area (Å²) < 4.78 is 45.4. The number of nitrogens with one attached hydrogen (secondary N) is 1. The van der Waals surface area contributed by atoms with Crippen molar-refractivity contribution < 1.29 is 17.5 Å². The minimum atomic E-state index is -3.73. The third kappa shape index (κ3) is 3.68. The number of hydrogen-bond acceptors (Lipinski definition) is 4. The summed E-state index contributed by atoms with van der Waals surface area (Å²) in [4.78, 5) is 2.25. The summed E-state index contributed by atoms with van der Waals surface area (Å²) in [6, 6.07) is 12.2. The lowest BCUT2D eigenvalue weighted by atomic mass is 10.2. The van der Waals surface area contributed by atoms with Crippen LogP contribution in [0.15, 0.2) is 53.4 Å². The van der Waals surface area contributed by atoms with Gasteiger partial charge in [0.2, 0.25) is 0 Å². The Morgan fingerprint density at radius 2 is 1.79 bits per heavy atom. The second kappa shape index (κ2) is 6.78. The van der Waals surface area contributed by atoms with Crippen molar-refractivity contribution in [3.63, 3.8) is 0 Å². The van der Waals surface area contributed by atoms with E-state index in [9.17, 15) is 12.8 Å². The number of rotatable bonds is 4. The van der Waals surface area contributed by atoms with Crippen LogP contribution in [0.2, 0.25) is 0 Å². The minimum absolute atomic E-state index is 0.0229. The largest absolute Gasteiger partial charge is 0.377 e. The van der Waals surface area contributed by atoms with E-state index in [-0.39, 0.29) is 10.9 Å². The minimum Gasteiger partial charge on any atom is -0.377 e. The van der Waals surface area contributed by atoms with Crippen molar-refractivity contribution in [3.8, 4) is 0 Å². The lowest BCUT2D eigenvalue weighted by Gasteiger charge is -2.35. The monoisotopic (exact) mass is 350 g/mol. The molecule has 5 nitrogen and oxygen atoms in total. The molecular formula is C17H19FN2O3S. The molecule has 1 unspecified atom stereocenters. The van der Waals surface area contributed by atoms with E-state index >= 15 is 0 Å². The Bertz CT molecular complexity index is 792.